The van der Waals surface area contributed by atoms with Gasteiger partial charge in [0.05, 0.1) is 34.8 Å². The number of fused-ring (bicyclic) bond motifs is 1. The van der Waals surface area contributed by atoms with Gasteiger partial charge in [0.15, 0.2) is 5.13 Å². The molecule has 2 aromatic carbocycles. The van der Waals surface area contributed by atoms with Crippen LogP contribution in [0.2, 0.25) is 0 Å². The molecule has 0 bridgehead atoms. The summed E-state index contributed by atoms with van der Waals surface area (Å²) in [5, 5.41) is 1.50. The number of anilines is 1. The molecule has 0 aliphatic rings. The first-order chi connectivity index (χ1) is 16.0. The molecule has 2 aromatic heterocycles. The van der Waals surface area contributed by atoms with E-state index >= 15 is 0 Å². The Hall–Kier alpha value is -2.75. The topological polar surface area (TPSA) is 72.4 Å². The molecule has 6 nitrogen and oxygen atoms in total. The van der Waals surface area contributed by atoms with Crippen LogP contribution in [-0.2, 0) is 21.8 Å². The Morgan fingerprint density at radius 1 is 1.03 bits per heavy atom. The zero-order valence-corrected chi connectivity index (χ0v) is 20.8. The second-order valence-electron chi connectivity index (χ2n) is 7.17. The summed E-state index contributed by atoms with van der Waals surface area (Å²) in [4.78, 5) is 36.8. The van der Waals surface area contributed by atoms with Gasteiger partial charge in [-0.1, -0.05) is 53.8 Å². The molecule has 0 spiro atoms. The third-order valence-electron chi connectivity index (χ3n) is 4.75. The summed E-state index contributed by atoms with van der Waals surface area (Å²) in [5.41, 5.74) is 2.55. The number of hydrogen-bond acceptors (Lipinski definition) is 8. The van der Waals surface area contributed by atoms with Gasteiger partial charge in [-0.3, -0.25) is 9.69 Å². The molecule has 0 atom stereocenters. The minimum absolute atomic E-state index is 0.0610. The number of ether oxygens (including phenoxy) is 1. The van der Waals surface area contributed by atoms with E-state index in [-0.39, 0.29) is 11.7 Å². The highest BCUT2D eigenvalue weighted by atomic mass is 32.2. The van der Waals surface area contributed by atoms with Crippen molar-refractivity contribution >= 4 is 61.7 Å². The SMILES string of the molecule is CCOC(=O)c1sc(N(Cc2ccccc2)C(=O)CSCc2nc3ccccc3s2)nc1C. The van der Waals surface area contributed by atoms with Crippen LogP contribution >= 0.6 is 34.4 Å². The number of nitrogens with zero attached hydrogens (tertiary/aromatic N) is 3. The lowest BCUT2D eigenvalue weighted by atomic mass is 10.2. The van der Waals surface area contributed by atoms with Crippen LogP contribution in [0.15, 0.2) is 54.6 Å². The molecule has 33 heavy (non-hydrogen) atoms. The van der Waals surface area contributed by atoms with E-state index < -0.39 is 5.97 Å². The maximum atomic E-state index is 13.3. The van der Waals surface area contributed by atoms with Gasteiger partial charge in [0.2, 0.25) is 5.91 Å². The molecule has 0 aliphatic carbocycles. The second kappa shape index (κ2) is 10.9. The molecule has 0 aliphatic heterocycles. The first-order valence-electron chi connectivity index (χ1n) is 10.5. The summed E-state index contributed by atoms with van der Waals surface area (Å²) in [7, 11) is 0. The highest BCUT2D eigenvalue weighted by molar-refractivity contribution is 7.99. The number of thioether (sulfide) groups is 1. The lowest BCUT2D eigenvalue weighted by Crippen LogP contribution is -2.32. The van der Waals surface area contributed by atoms with Gasteiger partial charge in [-0.15, -0.1) is 23.1 Å². The molecular weight excluding hydrogens is 474 g/mol. The van der Waals surface area contributed by atoms with E-state index in [1.54, 1.807) is 30.1 Å². The van der Waals surface area contributed by atoms with Crippen molar-refractivity contribution in [1.29, 1.82) is 0 Å². The van der Waals surface area contributed by atoms with Gasteiger partial charge in [0.1, 0.15) is 9.88 Å². The Bertz CT molecular complexity index is 1220. The summed E-state index contributed by atoms with van der Waals surface area (Å²) in [6.45, 7) is 4.21. The molecule has 0 saturated carbocycles. The number of amides is 1. The van der Waals surface area contributed by atoms with Crippen molar-refractivity contribution in [3.8, 4) is 0 Å². The number of rotatable bonds is 9. The fourth-order valence-electron chi connectivity index (χ4n) is 3.20. The molecule has 4 rings (SSSR count). The van der Waals surface area contributed by atoms with Crippen LogP contribution in [0.1, 0.15) is 32.9 Å². The van der Waals surface area contributed by atoms with Crippen LogP contribution in [-0.4, -0.2) is 34.2 Å². The van der Waals surface area contributed by atoms with Crippen LogP contribution < -0.4 is 4.90 Å². The summed E-state index contributed by atoms with van der Waals surface area (Å²) in [6.07, 6.45) is 0. The second-order valence-corrected chi connectivity index (χ2v) is 10.2. The number of aromatic nitrogens is 2. The number of thiazole rings is 2. The van der Waals surface area contributed by atoms with E-state index in [0.717, 1.165) is 20.8 Å². The Morgan fingerprint density at radius 3 is 2.55 bits per heavy atom. The van der Waals surface area contributed by atoms with Crippen LogP contribution in [0.4, 0.5) is 5.13 Å². The number of carbonyl (C=O) groups excluding carboxylic acids is 2. The molecule has 0 fully saturated rings. The molecule has 0 unspecified atom stereocenters. The molecular formula is C24H23N3O3S3. The quantitative estimate of drug-likeness (QED) is 0.276. The van der Waals surface area contributed by atoms with E-state index in [4.69, 9.17) is 4.74 Å². The highest BCUT2D eigenvalue weighted by Crippen LogP contribution is 2.30. The molecule has 0 N–H and O–H groups in total. The number of benzene rings is 2. The van der Waals surface area contributed by atoms with Crippen LogP contribution in [0, 0.1) is 6.92 Å². The van der Waals surface area contributed by atoms with E-state index in [1.165, 1.54) is 23.1 Å². The van der Waals surface area contributed by atoms with E-state index in [2.05, 4.69) is 16.0 Å². The van der Waals surface area contributed by atoms with Crippen molar-refractivity contribution < 1.29 is 14.3 Å². The van der Waals surface area contributed by atoms with Gasteiger partial charge in [0, 0.05) is 5.75 Å². The molecule has 1 amide bonds. The van der Waals surface area contributed by atoms with Gasteiger partial charge in [-0.05, 0) is 31.5 Å². The summed E-state index contributed by atoms with van der Waals surface area (Å²) in [5.74, 6) is 0.482. The van der Waals surface area contributed by atoms with Crippen molar-refractivity contribution in [3.05, 3.63) is 75.7 Å². The lowest BCUT2D eigenvalue weighted by molar-refractivity contribution is -0.116. The smallest absolute Gasteiger partial charge is 0.350 e. The number of carbonyl (C=O) groups is 2. The fourth-order valence-corrected chi connectivity index (χ4v) is 6.09. The van der Waals surface area contributed by atoms with Crippen molar-refractivity contribution in [2.45, 2.75) is 26.1 Å². The van der Waals surface area contributed by atoms with Crippen LogP contribution in [0.5, 0.6) is 0 Å². The van der Waals surface area contributed by atoms with E-state index in [0.29, 0.717) is 34.6 Å². The maximum Gasteiger partial charge on any atom is 0.350 e. The fraction of sp³-hybridized carbons (Fsp3) is 0.250. The van der Waals surface area contributed by atoms with Crippen LogP contribution in [0.3, 0.4) is 0 Å². The predicted octanol–water partition coefficient (Wildman–Crippen LogP) is 5.70. The Morgan fingerprint density at radius 2 is 1.79 bits per heavy atom. The van der Waals surface area contributed by atoms with E-state index in [1.807, 2.05) is 48.5 Å². The van der Waals surface area contributed by atoms with Crippen molar-refractivity contribution in [3.63, 3.8) is 0 Å². The normalized spacial score (nSPS) is 11.0. The largest absolute Gasteiger partial charge is 0.462 e. The Labute approximate surface area is 204 Å². The summed E-state index contributed by atoms with van der Waals surface area (Å²) >= 11 is 4.38. The van der Waals surface area contributed by atoms with E-state index in [9.17, 15) is 9.59 Å². The van der Waals surface area contributed by atoms with Gasteiger partial charge in [-0.25, -0.2) is 14.8 Å². The van der Waals surface area contributed by atoms with Crippen molar-refractivity contribution in [1.82, 2.24) is 9.97 Å². The van der Waals surface area contributed by atoms with Crippen molar-refractivity contribution in [2.75, 3.05) is 17.3 Å². The van der Waals surface area contributed by atoms with Gasteiger partial charge < -0.3 is 4.74 Å². The molecule has 2 heterocycles. The van der Waals surface area contributed by atoms with Crippen LogP contribution in [0.25, 0.3) is 10.2 Å². The first-order valence-corrected chi connectivity index (χ1v) is 13.2. The highest BCUT2D eigenvalue weighted by Gasteiger charge is 2.24. The minimum Gasteiger partial charge on any atom is -0.462 e. The minimum atomic E-state index is -0.406. The average molecular weight is 498 g/mol. The molecule has 9 heteroatoms. The third kappa shape index (κ3) is 5.79. The number of hydrogen-bond donors (Lipinski definition) is 0. The summed E-state index contributed by atoms with van der Waals surface area (Å²) < 4.78 is 6.29. The van der Waals surface area contributed by atoms with Gasteiger partial charge in [-0.2, -0.15) is 0 Å². The van der Waals surface area contributed by atoms with Gasteiger partial charge in [0.25, 0.3) is 0 Å². The van der Waals surface area contributed by atoms with Gasteiger partial charge >= 0.3 is 5.97 Å². The first kappa shape index (κ1) is 23.4. The zero-order chi connectivity index (χ0) is 23.2. The molecule has 170 valence electrons. The molecule has 0 radical (unpaired) electrons. The Kier molecular flexibility index (Phi) is 7.74. The Balaban J connectivity index is 1.49. The maximum absolute atomic E-state index is 13.3. The number of aryl methyl sites for hydroxylation is 1. The predicted molar refractivity (Wildman–Crippen MR) is 136 cm³/mol. The van der Waals surface area contributed by atoms with Crippen molar-refractivity contribution in [2.24, 2.45) is 0 Å². The lowest BCUT2D eigenvalue weighted by Gasteiger charge is -2.20. The monoisotopic (exact) mass is 497 g/mol. The molecule has 0 saturated heterocycles. The molecule has 4 aromatic rings. The third-order valence-corrected chi connectivity index (χ3v) is 8.06. The summed E-state index contributed by atoms with van der Waals surface area (Å²) in [6, 6.07) is 17.8. The number of esters is 1. The standard InChI is InChI=1S/C24H23N3O3S3/c1-3-30-23(29)22-16(2)25-24(33-22)27(13-17-9-5-4-6-10-17)21(28)15-31-14-20-26-18-11-7-8-12-19(18)32-20/h4-12H,3,13-15H2,1-2H3. The number of para-hydroxylation sites is 1. The zero-order valence-electron chi connectivity index (χ0n) is 18.3. The average Bonchev–Trinajstić information content (AvgIpc) is 3.41.